The lowest BCUT2D eigenvalue weighted by atomic mass is 10.1. The molecule has 1 atom stereocenters. The molecule has 1 fully saturated rings. The molecule has 0 spiro atoms. The van der Waals surface area contributed by atoms with Crippen molar-refractivity contribution in [1.29, 1.82) is 5.26 Å². The van der Waals surface area contributed by atoms with Crippen LogP contribution in [0.3, 0.4) is 0 Å². The minimum absolute atomic E-state index is 0.0478. The van der Waals surface area contributed by atoms with E-state index in [0.717, 1.165) is 4.31 Å². The van der Waals surface area contributed by atoms with Crippen molar-refractivity contribution in [3.05, 3.63) is 29.3 Å². The lowest BCUT2D eigenvalue weighted by Crippen LogP contribution is -2.58. The van der Waals surface area contributed by atoms with Gasteiger partial charge in [-0.05, 0) is 37.6 Å². The molecule has 1 unspecified atom stereocenters. The van der Waals surface area contributed by atoms with Crippen LogP contribution in [0, 0.1) is 18.3 Å². The summed E-state index contributed by atoms with van der Waals surface area (Å²) in [6.45, 7) is 2.62. The van der Waals surface area contributed by atoms with Crippen LogP contribution in [0.25, 0.3) is 0 Å². The van der Waals surface area contributed by atoms with Gasteiger partial charge < -0.3 is 0 Å². The van der Waals surface area contributed by atoms with Gasteiger partial charge in [-0.2, -0.15) is 9.57 Å². The summed E-state index contributed by atoms with van der Waals surface area (Å²) in [6.07, 6.45) is 0. The highest BCUT2D eigenvalue weighted by Crippen LogP contribution is 2.22. The minimum Gasteiger partial charge on any atom is -0.294 e. The van der Waals surface area contributed by atoms with E-state index in [2.05, 4.69) is 5.32 Å². The third kappa shape index (κ3) is 2.66. The number of nitrogens with zero attached hydrogens (tertiary/aromatic N) is 2. The molecule has 8 heteroatoms. The van der Waals surface area contributed by atoms with E-state index in [1.54, 1.807) is 6.92 Å². The number of carbonyl (C=O) groups is 2. The summed E-state index contributed by atoms with van der Waals surface area (Å²) < 4.78 is 26.0. The largest absolute Gasteiger partial charge is 0.294 e. The Bertz CT molecular complexity index is 764. The molecule has 1 N–H and O–H groups in total. The zero-order valence-corrected chi connectivity index (χ0v) is 12.3. The number of rotatable bonds is 2. The van der Waals surface area contributed by atoms with Gasteiger partial charge in [-0.1, -0.05) is 0 Å². The third-order valence-corrected chi connectivity index (χ3v) is 5.21. The van der Waals surface area contributed by atoms with E-state index in [4.69, 9.17) is 5.26 Å². The quantitative estimate of drug-likeness (QED) is 0.768. The molecule has 1 aromatic rings. The van der Waals surface area contributed by atoms with Gasteiger partial charge in [-0.15, -0.1) is 0 Å². The molecule has 0 bridgehead atoms. The zero-order chi connectivity index (χ0) is 15.8. The van der Waals surface area contributed by atoms with Crippen LogP contribution in [0.5, 0.6) is 0 Å². The van der Waals surface area contributed by atoms with Crippen LogP contribution in [-0.2, 0) is 19.6 Å². The molecule has 2 amide bonds. The van der Waals surface area contributed by atoms with Crippen LogP contribution in [0.15, 0.2) is 23.1 Å². The van der Waals surface area contributed by atoms with Crippen LogP contribution in [0.2, 0.25) is 0 Å². The summed E-state index contributed by atoms with van der Waals surface area (Å²) in [6, 6.07) is 5.04. The summed E-state index contributed by atoms with van der Waals surface area (Å²) >= 11 is 0. The Morgan fingerprint density at radius 2 is 2.05 bits per heavy atom. The first kappa shape index (κ1) is 15.2. The number of hydrogen-bond donors (Lipinski definition) is 1. The number of nitriles is 1. The predicted octanol–water partition coefficient (Wildman–Crippen LogP) is -0.0977. The number of piperazine rings is 1. The van der Waals surface area contributed by atoms with Crippen LogP contribution in [0.1, 0.15) is 18.1 Å². The van der Waals surface area contributed by atoms with Crippen molar-refractivity contribution in [2.45, 2.75) is 24.8 Å². The second kappa shape index (κ2) is 5.27. The van der Waals surface area contributed by atoms with Gasteiger partial charge in [-0.25, -0.2) is 8.42 Å². The molecule has 110 valence electrons. The predicted molar refractivity (Wildman–Crippen MR) is 72.4 cm³/mol. The van der Waals surface area contributed by atoms with E-state index < -0.39 is 34.4 Å². The van der Waals surface area contributed by atoms with Gasteiger partial charge in [0.2, 0.25) is 21.8 Å². The number of aryl methyl sites for hydroxylation is 1. The molecule has 1 saturated heterocycles. The fraction of sp³-hybridized carbons (Fsp3) is 0.308. The fourth-order valence-corrected chi connectivity index (χ4v) is 3.68. The SMILES string of the molecule is Cc1cc(S(=O)(=O)N2CC(=O)NC(=O)C2C)ccc1C#N. The van der Waals surface area contributed by atoms with Gasteiger partial charge >= 0.3 is 0 Å². The number of sulfonamides is 1. The Hall–Kier alpha value is -2.24. The molecule has 0 aliphatic carbocycles. The van der Waals surface area contributed by atoms with Crippen molar-refractivity contribution in [3.63, 3.8) is 0 Å². The third-order valence-electron chi connectivity index (χ3n) is 3.30. The highest BCUT2D eigenvalue weighted by Gasteiger charge is 2.38. The summed E-state index contributed by atoms with van der Waals surface area (Å²) in [5, 5.41) is 11.0. The molecule has 2 rings (SSSR count). The Labute approximate surface area is 122 Å². The number of nitrogens with one attached hydrogen (secondary N) is 1. The van der Waals surface area contributed by atoms with E-state index in [-0.39, 0.29) is 4.90 Å². The Morgan fingerprint density at radius 3 is 2.62 bits per heavy atom. The molecule has 1 heterocycles. The summed E-state index contributed by atoms with van der Waals surface area (Å²) in [5.41, 5.74) is 0.883. The highest BCUT2D eigenvalue weighted by molar-refractivity contribution is 7.89. The maximum absolute atomic E-state index is 12.6. The average Bonchev–Trinajstić information content (AvgIpc) is 2.42. The van der Waals surface area contributed by atoms with E-state index in [0.29, 0.717) is 11.1 Å². The van der Waals surface area contributed by atoms with Gasteiger partial charge in [0.05, 0.1) is 23.1 Å². The lowest BCUT2D eigenvalue weighted by molar-refractivity contribution is -0.136. The summed E-state index contributed by atoms with van der Waals surface area (Å²) in [7, 11) is -3.98. The van der Waals surface area contributed by atoms with Crippen molar-refractivity contribution < 1.29 is 18.0 Å². The number of hydrogen-bond acceptors (Lipinski definition) is 5. The molecule has 21 heavy (non-hydrogen) atoms. The zero-order valence-electron chi connectivity index (χ0n) is 11.5. The van der Waals surface area contributed by atoms with Crippen LogP contribution >= 0.6 is 0 Å². The van der Waals surface area contributed by atoms with Crippen molar-refractivity contribution in [3.8, 4) is 6.07 Å². The first-order valence-electron chi connectivity index (χ1n) is 6.13. The van der Waals surface area contributed by atoms with Crippen LogP contribution in [-0.4, -0.2) is 37.1 Å². The Kier molecular flexibility index (Phi) is 3.80. The van der Waals surface area contributed by atoms with E-state index in [9.17, 15) is 18.0 Å². The van der Waals surface area contributed by atoms with Crippen molar-refractivity contribution in [1.82, 2.24) is 9.62 Å². The molecule has 1 aromatic carbocycles. The Balaban J connectivity index is 2.47. The van der Waals surface area contributed by atoms with Gasteiger partial charge in [0.15, 0.2) is 0 Å². The highest BCUT2D eigenvalue weighted by atomic mass is 32.2. The van der Waals surface area contributed by atoms with Crippen molar-refractivity contribution in [2.75, 3.05) is 6.54 Å². The summed E-state index contributed by atoms with van der Waals surface area (Å²) in [4.78, 5) is 22.9. The van der Waals surface area contributed by atoms with Gasteiger partial charge in [0, 0.05) is 0 Å². The number of imide groups is 1. The molecule has 0 saturated carbocycles. The molecule has 0 aromatic heterocycles. The fourth-order valence-electron chi connectivity index (χ4n) is 2.04. The maximum Gasteiger partial charge on any atom is 0.244 e. The number of carbonyl (C=O) groups excluding carboxylic acids is 2. The van der Waals surface area contributed by atoms with Crippen molar-refractivity contribution in [2.24, 2.45) is 0 Å². The van der Waals surface area contributed by atoms with Crippen LogP contribution in [0.4, 0.5) is 0 Å². The van der Waals surface area contributed by atoms with E-state index >= 15 is 0 Å². The summed E-state index contributed by atoms with van der Waals surface area (Å²) in [5.74, 6) is -1.31. The van der Waals surface area contributed by atoms with Gasteiger partial charge in [0.25, 0.3) is 0 Å². The smallest absolute Gasteiger partial charge is 0.244 e. The first-order chi connectivity index (χ1) is 9.77. The maximum atomic E-state index is 12.6. The number of amides is 2. The molecule has 1 aliphatic rings. The number of benzene rings is 1. The topological polar surface area (TPSA) is 107 Å². The molecule has 1 aliphatic heterocycles. The molecular weight excluding hydrogens is 294 g/mol. The van der Waals surface area contributed by atoms with E-state index in [1.165, 1.54) is 25.1 Å². The minimum atomic E-state index is -3.98. The Morgan fingerprint density at radius 1 is 1.38 bits per heavy atom. The van der Waals surface area contributed by atoms with Gasteiger partial charge in [-0.3, -0.25) is 14.9 Å². The normalized spacial score (nSPS) is 20.0. The molecule has 7 nitrogen and oxygen atoms in total. The first-order valence-corrected chi connectivity index (χ1v) is 7.57. The van der Waals surface area contributed by atoms with Crippen LogP contribution < -0.4 is 5.32 Å². The van der Waals surface area contributed by atoms with Crippen molar-refractivity contribution >= 4 is 21.8 Å². The van der Waals surface area contributed by atoms with Gasteiger partial charge in [0.1, 0.15) is 6.04 Å². The second-order valence-electron chi connectivity index (χ2n) is 4.73. The van der Waals surface area contributed by atoms with E-state index in [1.807, 2.05) is 6.07 Å². The monoisotopic (exact) mass is 307 g/mol. The average molecular weight is 307 g/mol. The molecular formula is C13H13N3O4S. The standard InChI is InChI=1S/C13H13N3O4S/c1-8-5-11(4-3-10(8)6-14)21(19,20)16-7-12(17)15-13(18)9(16)2/h3-5,9H,7H2,1-2H3,(H,15,17,18). The molecule has 0 radical (unpaired) electrons. The lowest BCUT2D eigenvalue weighted by Gasteiger charge is -2.30. The second-order valence-corrected chi connectivity index (χ2v) is 6.62.